The summed E-state index contributed by atoms with van der Waals surface area (Å²) in [7, 11) is 0. The molecule has 0 saturated heterocycles. The van der Waals surface area contributed by atoms with E-state index in [-0.39, 0.29) is 12.5 Å². The van der Waals surface area contributed by atoms with Crippen molar-refractivity contribution in [1.29, 1.82) is 0 Å². The van der Waals surface area contributed by atoms with Crippen molar-refractivity contribution < 1.29 is 14.6 Å². The molecule has 1 aromatic heterocycles. The second kappa shape index (κ2) is 8.80. The fraction of sp³-hybridized carbons (Fsp3) is 0.444. The van der Waals surface area contributed by atoms with Gasteiger partial charge in [0.25, 0.3) is 5.91 Å². The lowest BCUT2D eigenvalue weighted by Gasteiger charge is -2.14. The molecule has 0 aliphatic rings. The van der Waals surface area contributed by atoms with Crippen LogP contribution in [0.4, 0.5) is 0 Å². The van der Waals surface area contributed by atoms with Crippen LogP contribution in [0, 0.1) is 5.92 Å². The van der Waals surface area contributed by atoms with Gasteiger partial charge in [0.15, 0.2) is 6.10 Å². The molecule has 5 nitrogen and oxygen atoms in total. The third kappa shape index (κ3) is 5.62. The summed E-state index contributed by atoms with van der Waals surface area (Å²) in [6.45, 7) is 6.43. The number of thiazole rings is 1. The molecular formula is C18H24N2O3S. The van der Waals surface area contributed by atoms with Crippen molar-refractivity contribution >= 4 is 17.2 Å². The Hall–Kier alpha value is -1.92. The van der Waals surface area contributed by atoms with Gasteiger partial charge in [0.1, 0.15) is 5.75 Å². The average molecular weight is 348 g/mol. The number of amides is 1. The number of aliphatic hydroxyl groups excluding tert-OH is 1. The van der Waals surface area contributed by atoms with E-state index in [4.69, 9.17) is 9.84 Å². The molecule has 0 radical (unpaired) electrons. The molecule has 130 valence electrons. The first-order chi connectivity index (χ1) is 11.5. The summed E-state index contributed by atoms with van der Waals surface area (Å²) in [6, 6.07) is 7.09. The summed E-state index contributed by atoms with van der Waals surface area (Å²) >= 11 is 1.63. The summed E-state index contributed by atoms with van der Waals surface area (Å²) in [4.78, 5) is 17.6. The molecule has 0 bridgehead atoms. The lowest BCUT2D eigenvalue weighted by Crippen LogP contribution is -2.35. The van der Waals surface area contributed by atoms with Gasteiger partial charge in [0.2, 0.25) is 0 Å². The fourth-order valence-electron chi connectivity index (χ4n) is 2.17. The topological polar surface area (TPSA) is 71.5 Å². The van der Waals surface area contributed by atoms with E-state index in [0.717, 1.165) is 21.9 Å². The molecule has 1 atom stereocenters. The minimum Gasteiger partial charge on any atom is -0.481 e. The van der Waals surface area contributed by atoms with Crippen LogP contribution in [0.15, 0.2) is 30.5 Å². The van der Waals surface area contributed by atoms with Crippen molar-refractivity contribution in [3.05, 3.63) is 45.9 Å². The van der Waals surface area contributed by atoms with Crippen LogP contribution in [0.3, 0.4) is 0 Å². The van der Waals surface area contributed by atoms with Crippen LogP contribution in [0.25, 0.3) is 0 Å². The molecule has 1 heterocycles. The van der Waals surface area contributed by atoms with Gasteiger partial charge in [0, 0.05) is 17.5 Å². The maximum atomic E-state index is 12.2. The lowest BCUT2D eigenvalue weighted by atomic mass is 10.1. The Morgan fingerprint density at radius 2 is 2.17 bits per heavy atom. The third-order valence-electron chi connectivity index (χ3n) is 3.38. The van der Waals surface area contributed by atoms with Crippen LogP contribution >= 0.6 is 11.3 Å². The van der Waals surface area contributed by atoms with Gasteiger partial charge >= 0.3 is 0 Å². The van der Waals surface area contributed by atoms with Gasteiger partial charge in [-0.3, -0.25) is 4.79 Å². The zero-order valence-corrected chi connectivity index (χ0v) is 15.1. The Morgan fingerprint density at radius 1 is 1.38 bits per heavy atom. The molecule has 2 aromatic rings. The van der Waals surface area contributed by atoms with E-state index in [1.807, 2.05) is 6.20 Å². The molecule has 0 aliphatic carbocycles. The zero-order chi connectivity index (χ0) is 17.5. The number of rotatable bonds is 8. The highest BCUT2D eigenvalue weighted by atomic mass is 32.1. The Bertz CT molecular complexity index is 670. The van der Waals surface area contributed by atoms with E-state index in [1.165, 1.54) is 0 Å². The van der Waals surface area contributed by atoms with Crippen molar-refractivity contribution in [2.75, 3.05) is 0 Å². The van der Waals surface area contributed by atoms with Crippen LogP contribution in [0.5, 0.6) is 5.75 Å². The highest BCUT2D eigenvalue weighted by molar-refractivity contribution is 7.11. The standard InChI is InChI=1S/C18H24N2O3S/c1-12(2)7-17-19-9-16(24-17)10-20-18(22)13(3)23-15-6-4-5-14(8-15)11-21/h4-6,8-9,12-13,21H,7,10-11H2,1-3H3,(H,20,22). The fourth-order valence-corrected chi connectivity index (χ4v) is 3.24. The molecule has 0 spiro atoms. The molecule has 0 fully saturated rings. The van der Waals surface area contributed by atoms with Gasteiger partial charge < -0.3 is 15.2 Å². The number of nitrogens with one attached hydrogen (secondary N) is 1. The molecule has 1 unspecified atom stereocenters. The van der Waals surface area contributed by atoms with Gasteiger partial charge in [-0.1, -0.05) is 26.0 Å². The van der Waals surface area contributed by atoms with E-state index in [9.17, 15) is 4.79 Å². The molecule has 6 heteroatoms. The Morgan fingerprint density at radius 3 is 2.88 bits per heavy atom. The molecule has 2 N–H and O–H groups in total. The number of hydrogen-bond donors (Lipinski definition) is 2. The van der Waals surface area contributed by atoms with Crippen LogP contribution in [-0.2, 0) is 24.4 Å². The van der Waals surface area contributed by atoms with E-state index < -0.39 is 6.10 Å². The van der Waals surface area contributed by atoms with Gasteiger partial charge in [-0.15, -0.1) is 11.3 Å². The van der Waals surface area contributed by atoms with E-state index in [0.29, 0.717) is 18.2 Å². The van der Waals surface area contributed by atoms with Gasteiger partial charge in [-0.25, -0.2) is 4.98 Å². The predicted octanol–water partition coefficient (Wildman–Crippen LogP) is 2.92. The highest BCUT2D eigenvalue weighted by Gasteiger charge is 2.15. The van der Waals surface area contributed by atoms with E-state index >= 15 is 0 Å². The minimum absolute atomic E-state index is 0.0537. The summed E-state index contributed by atoms with van der Waals surface area (Å²) in [5.74, 6) is 0.964. The molecule has 1 aromatic carbocycles. The molecule has 24 heavy (non-hydrogen) atoms. The first-order valence-electron chi connectivity index (χ1n) is 8.05. The molecule has 2 rings (SSSR count). The Kier molecular flexibility index (Phi) is 6.75. The summed E-state index contributed by atoms with van der Waals surface area (Å²) in [5.41, 5.74) is 0.752. The van der Waals surface area contributed by atoms with Gasteiger partial charge in [0.05, 0.1) is 18.2 Å². The summed E-state index contributed by atoms with van der Waals surface area (Å²) < 4.78 is 5.63. The normalized spacial score (nSPS) is 12.2. The first-order valence-corrected chi connectivity index (χ1v) is 8.87. The van der Waals surface area contributed by atoms with Crippen molar-refractivity contribution in [2.24, 2.45) is 5.92 Å². The molecule has 1 amide bonds. The smallest absolute Gasteiger partial charge is 0.261 e. The largest absolute Gasteiger partial charge is 0.481 e. The number of benzene rings is 1. The van der Waals surface area contributed by atoms with Gasteiger partial charge in [-0.2, -0.15) is 0 Å². The lowest BCUT2D eigenvalue weighted by molar-refractivity contribution is -0.127. The predicted molar refractivity (Wildman–Crippen MR) is 95.0 cm³/mol. The number of carbonyl (C=O) groups is 1. The molecular weight excluding hydrogens is 324 g/mol. The number of ether oxygens (including phenoxy) is 1. The zero-order valence-electron chi connectivity index (χ0n) is 14.3. The molecule has 0 saturated carbocycles. The monoisotopic (exact) mass is 348 g/mol. The Labute approximate surface area is 146 Å². The van der Waals surface area contributed by atoms with E-state index in [1.54, 1.807) is 42.5 Å². The van der Waals surface area contributed by atoms with Gasteiger partial charge in [-0.05, 0) is 30.5 Å². The number of carbonyl (C=O) groups excluding carboxylic acids is 1. The maximum Gasteiger partial charge on any atom is 0.261 e. The number of nitrogens with zero attached hydrogens (tertiary/aromatic N) is 1. The minimum atomic E-state index is -0.609. The first kappa shape index (κ1) is 18.4. The average Bonchev–Trinajstić information content (AvgIpc) is 2.99. The second-order valence-electron chi connectivity index (χ2n) is 6.10. The van der Waals surface area contributed by atoms with Crippen molar-refractivity contribution in [3.63, 3.8) is 0 Å². The summed E-state index contributed by atoms with van der Waals surface area (Å²) in [5, 5.41) is 13.1. The van der Waals surface area contributed by atoms with Crippen LogP contribution < -0.4 is 10.1 Å². The number of aromatic nitrogens is 1. The Balaban J connectivity index is 1.84. The quantitative estimate of drug-likeness (QED) is 0.769. The van der Waals surface area contributed by atoms with Crippen molar-refractivity contribution in [2.45, 2.75) is 46.4 Å². The molecule has 0 aliphatic heterocycles. The number of hydrogen-bond acceptors (Lipinski definition) is 5. The van der Waals surface area contributed by atoms with Crippen LogP contribution in [-0.4, -0.2) is 22.1 Å². The van der Waals surface area contributed by atoms with Crippen LogP contribution in [0.2, 0.25) is 0 Å². The second-order valence-corrected chi connectivity index (χ2v) is 7.30. The van der Waals surface area contributed by atoms with Crippen molar-refractivity contribution in [1.82, 2.24) is 10.3 Å². The maximum absolute atomic E-state index is 12.2. The SMILES string of the molecule is CC(C)Cc1ncc(CNC(=O)C(C)Oc2cccc(CO)c2)s1. The van der Waals surface area contributed by atoms with Crippen LogP contribution in [0.1, 0.15) is 36.2 Å². The highest BCUT2D eigenvalue weighted by Crippen LogP contribution is 2.17. The van der Waals surface area contributed by atoms with E-state index in [2.05, 4.69) is 24.1 Å². The summed E-state index contributed by atoms with van der Waals surface area (Å²) in [6.07, 6.45) is 2.17. The third-order valence-corrected chi connectivity index (χ3v) is 4.40. The van der Waals surface area contributed by atoms with Crippen molar-refractivity contribution in [3.8, 4) is 5.75 Å². The number of aliphatic hydroxyl groups is 1.